The fraction of sp³-hybridized carbons (Fsp3) is 0.130. The summed E-state index contributed by atoms with van der Waals surface area (Å²) in [6, 6.07) is 20.2. The van der Waals surface area contributed by atoms with Crippen molar-refractivity contribution in [3.63, 3.8) is 0 Å². The maximum absolute atomic E-state index is 12.4. The van der Waals surface area contributed by atoms with Crippen LogP contribution in [0.2, 0.25) is 5.02 Å². The number of nitrogens with zero attached hydrogens (tertiary/aromatic N) is 1. The number of halogens is 1. The summed E-state index contributed by atoms with van der Waals surface area (Å²) in [7, 11) is 0. The van der Waals surface area contributed by atoms with Crippen LogP contribution in [0.4, 0.5) is 5.69 Å². The number of anilines is 1. The van der Waals surface area contributed by atoms with Crippen LogP contribution in [0.25, 0.3) is 17.4 Å². The molecule has 1 N–H and O–H groups in total. The highest BCUT2D eigenvalue weighted by Crippen LogP contribution is 2.26. The third-order valence-corrected chi connectivity index (χ3v) is 4.46. The molecule has 2 aromatic carbocycles. The smallest absolute Gasteiger partial charge is 0.266 e. The average Bonchev–Trinajstić information content (AvgIpc) is 3.15. The molecule has 0 fully saturated rings. The van der Waals surface area contributed by atoms with E-state index in [1.54, 1.807) is 24.3 Å². The largest absolute Gasteiger partial charge is 0.457 e. The topological polar surface area (TPSA) is 66.0 Å². The third-order valence-electron chi connectivity index (χ3n) is 4.22. The van der Waals surface area contributed by atoms with E-state index in [9.17, 15) is 10.1 Å². The Morgan fingerprint density at radius 3 is 2.54 bits per heavy atom. The van der Waals surface area contributed by atoms with Gasteiger partial charge in [-0.2, -0.15) is 5.26 Å². The van der Waals surface area contributed by atoms with E-state index in [2.05, 4.69) is 19.2 Å². The van der Waals surface area contributed by atoms with Crippen LogP contribution in [-0.4, -0.2) is 5.91 Å². The van der Waals surface area contributed by atoms with E-state index >= 15 is 0 Å². The lowest BCUT2D eigenvalue weighted by atomic mass is 10.0. The molecule has 0 saturated carbocycles. The van der Waals surface area contributed by atoms with E-state index in [-0.39, 0.29) is 5.57 Å². The standard InChI is InChI=1S/C23H19ClN2O2/c1-15(2)16-6-8-20(9-7-16)26-23(27)18(14-25)13-21-10-11-22(28-21)17-4-3-5-19(24)12-17/h3-13,15H,1-2H3,(H,26,27)/b18-13+. The van der Waals surface area contributed by atoms with Crippen molar-refractivity contribution in [1.29, 1.82) is 5.26 Å². The highest BCUT2D eigenvalue weighted by atomic mass is 35.5. The Balaban J connectivity index is 1.76. The lowest BCUT2D eigenvalue weighted by Crippen LogP contribution is -2.13. The maximum atomic E-state index is 12.4. The Morgan fingerprint density at radius 2 is 1.89 bits per heavy atom. The number of hydrogen-bond donors (Lipinski definition) is 1. The zero-order chi connectivity index (χ0) is 20.1. The Kier molecular flexibility index (Phi) is 5.98. The van der Waals surface area contributed by atoms with Crippen LogP contribution >= 0.6 is 11.6 Å². The van der Waals surface area contributed by atoms with Crippen LogP contribution in [0.15, 0.2) is 70.7 Å². The Hall–Kier alpha value is -3.29. The quantitative estimate of drug-likeness (QED) is 0.412. The fourth-order valence-electron chi connectivity index (χ4n) is 2.67. The molecule has 0 spiro atoms. The number of nitrogens with one attached hydrogen (secondary N) is 1. The lowest BCUT2D eigenvalue weighted by Gasteiger charge is -2.08. The molecule has 4 nitrogen and oxygen atoms in total. The van der Waals surface area contributed by atoms with E-state index in [0.29, 0.717) is 28.1 Å². The van der Waals surface area contributed by atoms with Gasteiger partial charge >= 0.3 is 0 Å². The molecule has 0 saturated heterocycles. The van der Waals surface area contributed by atoms with Crippen LogP contribution in [0.1, 0.15) is 31.1 Å². The predicted molar refractivity (Wildman–Crippen MR) is 112 cm³/mol. The maximum Gasteiger partial charge on any atom is 0.266 e. The molecule has 3 aromatic rings. The highest BCUT2D eigenvalue weighted by Gasteiger charge is 2.12. The third kappa shape index (κ3) is 4.70. The summed E-state index contributed by atoms with van der Waals surface area (Å²) in [5.74, 6) is 0.944. The fourth-order valence-corrected chi connectivity index (χ4v) is 2.86. The summed E-state index contributed by atoms with van der Waals surface area (Å²) in [5, 5.41) is 12.7. The molecule has 0 aliphatic rings. The predicted octanol–water partition coefficient (Wildman–Crippen LogP) is 6.27. The number of nitriles is 1. The van der Waals surface area contributed by atoms with Crippen molar-refractivity contribution < 1.29 is 9.21 Å². The number of hydrogen-bond acceptors (Lipinski definition) is 3. The Labute approximate surface area is 169 Å². The molecule has 5 heteroatoms. The lowest BCUT2D eigenvalue weighted by molar-refractivity contribution is -0.112. The molecule has 0 bridgehead atoms. The van der Waals surface area contributed by atoms with Crippen molar-refractivity contribution in [2.24, 2.45) is 0 Å². The summed E-state index contributed by atoms with van der Waals surface area (Å²) >= 11 is 6.00. The number of benzene rings is 2. The van der Waals surface area contributed by atoms with Gasteiger partial charge < -0.3 is 9.73 Å². The van der Waals surface area contributed by atoms with Gasteiger partial charge in [0.1, 0.15) is 23.2 Å². The molecule has 1 aromatic heterocycles. The van der Waals surface area contributed by atoms with Gasteiger partial charge in [0, 0.05) is 22.3 Å². The summed E-state index contributed by atoms with van der Waals surface area (Å²) in [6.07, 6.45) is 1.42. The first-order chi connectivity index (χ1) is 13.5. The van der Waals surface area contributed by atoms with Crippen LogP contribution in [0.3, 0.4) is 0 Å². The molecule has 1 amide bonds. The van der Waals surface area contributed by atoms with Crippen LogP contribution in [-0.2, 0) is 4.79 Å². The van der Waals surface area contributed by atoms with Gasteiger partial charge in [0.15, 0.2) is 0 Å². The van der Waals surface area contributed by atoms with Gasteiger partial charge in [-0.25, -0.2) is 0 Å². The molecule has 0 aliphatic heterocycles. The molecule has 0 atom stereocenters. The first kappa shape index (κ1) is 19.5. The molecule has 0 radical (unpaired) electrons. The Bertz CT molecular complexity index is 1060. The second-order valence-electron chi connectivity index (χ2n) is 6.61. The second kappa shape index (κ2) is 8.60. The SMILES string of the molecule is CC(C)c1ccc(NC(=O)/C(C#N)=C/c2ccc(-c3cccc(Cl)c3)o2)cc1. The van der Waals surface area contributed by atoms with Gasteiger partial charge in [0.05, 0.1) is 0 Å². The zero-order valence-corrected chi connectivity index (χ0v) is 16.3. The van der Waals surface area contributed by atoms with Gasteiger partial charge in [-0.05, 0) is 47.9 Å². The van der Waals surface area contributed by atoms with Crippen molar-refractivity contribution in [3.05, 3.63) is 82.6 Å². The Morgan fingerprint density at radius 1 is 1.14 bits per heavy atom. The van der Waals surface area contributed by atoms with E-state index in [0.717, 1.165) is 5.56 Å². The molecule has 0 aliphatic carbocycles. The van der Waals surface area contributed by atoms with Crippen LogP contribution in [0.5, 0.6) is 0 Å². The molecule has 1 heterocycles. The van der Waals surface area contributed by atoms with E-state index in [1.807, 2.05) is 42.5 Å². The van der Waals surface area contributed by atoms with Crippen molar-refractivity contribution in [2.75, 3.05) is 5.32 Å². The average molecular weight is 391 g/mol. The van der Waals surface area contributed by atoms with Crippen LogP contribution < -0.4 is 5.32 Å². The molecular formula is C23H19ClN2O2. The van der Waals surface area contributed by atoms with Crippen molar-refractivity contribution in [3.8, 4) is 17.4 Å². The van der Waals surface area contributed by atoms with E-state index in [1.165, 1.54) is 11.6 Å². The van der Waals surface area contributed by atoms with E-state index < -0.39 is 5.91 Å². The molecular weight excluding hydrogens is 372 g/mol. The van der Waals surface area contributed by atoms with Crippen molar-refractivity contribution in [2.45, 2.75) is 19.8 Å². The molecule has 28 heavy (non-hydrogen) atoms. The van der Waals surface area contributed by atoms with Gasteiger partial charge in [0.2, 0.25) is 0 Å². The highest BCUT2D eigenvalue weighted by molar-refractivity contribution is 6.30. The summed E-state index contributed by atoms with van der Waals surface area (Å²) < 4.78 is 5.73. The van der Waals surface area contributed by atoms with Gasteiger partial charge in [-0.15, -0.1) is 0 Å². The normalized spacial score (nSPS) is 11.3. The van der Waals surface area contributed by atoms with E-state index in [4.69, 9.17) is 16.0 Å². The molecule has 140 valence electrons. The van der Waals surface area contributed by atoms with Crippen molar-refractivity contribution >= 4 is 29.3 Å². The first-order valence-corrected chi connectivity index (χ1v) is 9.23. The first-order valence-electron chi connectivity index (χ1n) is 8.85. The second-order valence-corrected chi connectivity index (χ2v) is 7.05. The minimum absolute atomic E-state index is 0.0417. The number of furan rings is 1. The molecule has 0 unspecified atom stereocenters. The number of rotatable bonds is 5. The van der Waals surface area contributed by atoms with Gasteiger partial charge in [0.25, 0.3) is 5.91 Å². The minimum atomic E-state index is -0.486. The molecule has 3 rings (SSSR count). The monoisotopic (exact) mass is 390 g/mol. The van der Waals surface area contributed by atoms with Gasteiger partial charge in [-0.3, -0.25) is 4.79 Å². The van der Waals surface area contributed by atoms with Gasteiger partial charge in [-0.1, -0.05) is 49.7 Å². The summed E-state index contributed by atoms with van der Waals surface area (Å²) in [6.45, 7) is 4.20. The van der Waals surface area contributed by atoms with Crippen molar-refractivity contribution in [1.82, 2.24) is 0 Å². The van der Waals surface area contributed by atoms with Crippen LogP contribution in [0, 0.1) is 11.3 Å². The zero-order valence-electron chi connectivity index (χ0n) is 15.6. The number of carbonyl (C=O) groups excluding carboxylic acids is 1. The number of amides is 1. The summed E-state index contributed by atoms with van der Waals surface area (Å²) in [5.41, 5.74) is 2.59. The number of carbonyl (C=O) groups is 1. The summed E-state index contributed by atoms with van der Waals surface area (Å²) in [4.78, 5) is 12.4. The minimum Gasteiger partial charge on any atom is -0.457 e.